The number of aliphatic carboxylic acids is 1. The summed E-state index contributed by atoms with van der Waals surface area (Å²) in [7, 11) is 1.35. The van der Waals surface area contributed by atoms with E-state index in [0.29, 0.717) is 13.2 Å². The number of ether oxygens (including phenoxy) is 3. The summed E-state index contributed by atoms with van der Waals surface area (Å²) in [5.74, 6) is -1.08. The van der Waals surface area contributed by atoms with Crippen LogP contribution in [0.2, 0.25) is 0 Å². The molecule has 0 heterocycles. The second-order valence-corrected chi connectivity index (χ2v) is 4.40. The van der Waals surface area contributed by atoms with Crippen LogP contribution in [0.15, 0.2) is 0 Å². The highest BCUT2D eigenvalue weighted by molar-refractivity contribution is 5.77. The average Bonchev–Trinajstić information content (AvgIpc) is 2.36. The molecule has 0 radical (unpaired) electrons. The highest BCUT2D eigenvalue weighted by Gasteiger charge is 2.44. The Balaban J connectivity index is 4.54. The molecule has 0 aliphatic carbocycles. The van der Waals surface area contributed by atoms with Gasteiger partial charge in [-0.05, 0) is 19.8 Å². The maximum atomic E-state index is 11.3. The van der Waals surface area contributed by atoms with E-state index in [-0.39, 0.29) is 0 Å². The summed E-state index contributed by atoms with van der Waals surface area (Å²) in [5, 5.41) is 9.23. The lowest BCUT2D eigenvalue weighted by molar-refractivity contribution is -0.245. The molecule has 1 unspecified atom stereocenters. The summed E-state index contributed by atoms with van der Waals surface area (Å²) >= 11 is 0. The van der Waals surface area contributed by atoms with Crippen molar-refractivity contribution in [3.05, 3.63) is 0 Å². The van der Waals surface area contributed by atoms with Gasteiger partial charge in [0.15, 0.2) is 6.29 Å². The molecule has 0 aromatic rings. The lowest BCUT2D eigenvalue weighted by atomic mass is 10.1. The van der Waals surface area contributed by atoms with Crippen molar-refractivity contribution in [1.82, 2.24) is 0 Å². The fourth-order valence-corrected chi connectivity index (χ4v) is 1.32. The number of methoxy groups -OCH3 is 1. The lowest BCUT2D eigenvalue weighted by Gasteiger charge is -2.32. The monoisotopic (exact) mass is 262 g/mol. The van der Waals surface area contributed by atoms with Crippen molar-refractivity contribution in [2.75, 3.05) is 20.3 Å². The SMILES string of the molecule is CCCCOC(OCCCC)C(C)(OC)C(=O)O. The molecule has 0 spiro atoms. The van der Waals surface area contributed by atoms with Crippen LogP contribution in [0.3, 0.4) is 0 Å². The maximum Gasteiger partial charge on any atom is 0.341 e. The van der Waals surface area contributed by atoms with E-state index in [4.69, 9.17) is 14.2 Å². The zero-order chi connectivity index (χ0) is 14.0. The molecule has 0 amide bonds. The van der Waals surface area contributed by atoms with Crippen LogP contribution in [0.5, 0.6) is 0 Å². The Morgan fingerprint density at radius 1 is 1.17 bits per heavy atom. The van der Waals surface area contributed by atoms with E-state index in [9.17, 15) is 9.90 Å². The normalized spacial score (nSPS) is 14.7. The third-order valence-corrected chi connectivity index (χ3v) is 2.83. The molecule has 0 rings (SSSR count). The number of rotatable bonds is 11. The summed E-state index contributed by atoms with van der Waals surface area (Å²) < 4.78 is 16.1. The Morgan fingerprint density at radius 2 is 1.61 bits per heavy atom. The number of carboxylic acids is 1. The quantitative estimate of drug-likeness (QED) is 0.457. The number of unbranched alkanes of at least 4 members (excludes halogenated alkanes) is 2. The van der Waals surface area contributed by atoms with Crippen LogP contribution in [0, 0.1) is 0 Å². The van der Waals surface area contributed by atoms with E-state index in [1.54, 1.807) is 0 Å². The highest BCUT2D eigenvalue weighted by atomic mass is 16.7. The molecule has 0 aliphatic heterocycles. The molecule has 0 saturated heterocycles. The summed E-state index contributed by atoms with van der Waals surface area (Å²) in [5.41, 5.74) is -1.47. The largest absolute Gasteiger partial charge is 0.479 e. The average molecular weight is 262 g/mol. The summed E-state index contributed by atoms with van der Waals surface area (Å²) in [4.78, 5) is 11.3. The van der Waals surface area contributed by atoms with Crippen molar-refractivity contribution < 1.29 is 24.1 Å². The lowest BCUT2D eigenvalue weighted by Crippen LogP contribution is -2.51. The topological polar surface area (TPSA) is 65.0 Å². The standard InChI is InChI=1S/C13H26O5/c1-5-7-9-17-12(18-10-8-6-2)13(3,16-4)11(14)15/h12H,5-10H2,1-4H3,(H,14,15). The van der Waals surface area contributed by atoms with Crippen molar-refractivity contribution in [1.29, 1.82) is 0 Å². The molecule has 5 nitrogen and oxygen atoms in total. The Hall–Kier alpha value is -0.650. The molecular formula is C13H26O5. The van der Waals surface area contributed by atoms with E-state index < -0.39 is 17.9 Å². The van der Waals surface area contributed by atoms with Crippen LogP contribution in [0.1, 0.15) is 46.5 Å². The van der Waals surface area contributed by atoms with Crippen LogP contribution in [-0.4, -0.2) is 43.3 Å². The minimum atomic E-state index is -1.47. The Bertz CT molecular complexity index is 221. The molecule has 5 heteroatoms. The molecule has 0 bridgehead atoms. The van der Waals surface area contributed by atoms with Gasteiger partial charge in [-0.1, -0.05) is 26.7 Å². The van der Waals surface area contributed by atoms with E-state index in [0.717, 1.165) is 25.7 Å². The van der Waals surface area contributed by atoms with E-state index in [1.165, 1.54) is 14.0 Å². The molecule has 18 heavy (non-hydrogen) atoms. The first kappa shape index (κ1) is 17.4. The van der Waals surface area contributed by atoms with Crippen LogP contribution in [0.4, 0.5) is 0 Å². The Kier molecular flexibility index (Phi) is 8.97. The van der Waals surface area contributed by atoms with Gasteiger partial charge in [-0.15, -0.1) is 0 Å². The van der Waals surface area contributed by atoms with Crippen molar-refractivity contribution in [3.63, 3.8) is 0 Å². The van der Waals surface area contributed by atoms with Gasteiger partial charge in [-0.25, -0.2) is 4.79 Å². The fourth-order valence-electron chi connectivity index (χ4n) is 1.32. The minimum absolute atomic E-state index is 0.472. The second-order valence-electron chi connectivity index (χ2n) is 4.40. The van der Waals surface area contributed by atoms with Crippen molar-refractivity contribution >= 4 is 5.97 Å². The second kappa shape index (κ2) is 9.30. The maximum absolute atomic E-state index is 11.3. The molecule has 0 fully saturated rings. The van der Waals surface area contributed by atoms with Gasteiger partial charge >= 0.3 is 5.97 Å². The number of carboxylic acid groups (broad SMARTS) is 1. The van der Waals surface area contributed by atoms with Crippen LogP contribution < -0.4 is 0 Å². The number of hydrogen-bond donors (Lipinski definition) is 1. The Labute approximate surface area is 109 Å². The predicted molar refractivity (Wildman–Crippen MR) is 68.6 cm³/mol. The van der Waals surface area contributed by atoms with E-state index >= 15 is 0 Å². The fraction of sp³-hybridized carbons (Fsp3) is 0.923. The third kappa shape index (κ3) is 5.33. The summed E-state index contributed by atoms with van der Waals surface area (Å²) in [6, 6.07) is 0. The Morgan fingerprint density at radius 3 is 1.89 bits per heavy atom. The van der Waals surface area contributed by atoms with E-state index in [2.05, 4.69) is 0 Å². The van der Waals surface area contributed by atoms with Gasteiger partial charge in [0.25, 0.3) is 0 Å². The summed E-state index contributed by atoms with van der Waals surface area (Å²) in [6.45, 7) is 6.50. The van der Waals surface area contributed by atoms with Gasteiger partial charge < -0.3 is 19.3 Å². The summed E-state index contributed by atoms with van der Waals surface area (Å²) in [6.07, 6.45) is 2.83. The molecule has 0 aromatic carbocycles. The molecule has 0 aromatic heterocycles. The minimum Gasteiger partial charge on any atom is -0.479 e. The van der Waals surface area contributed by atoms with Crippen LogP contribution in [-0.2, 0) is 19.0 Å². The molecule has 0 saturated carbocycles. The first-order chi connectivity index (χ1) is 8.52. The molecular weight excluding hydrogens is 236 g/mol. The first-order valence-electron chi connectivity index (χ1n) is 6.54. The smallest absolute Gasteiger partial charge is 0.341 e. The van der Waals surface area contributed by atoms with Crippen LogP contribution >= 0.6 is 0 Å². The molecule has 1 N–H and O–H groups in total. The van der Waals surface area contributed by atoms with Crippen LogP contribution in [0.25, 0.3) is 0 Å². The molecule has 0 aliphatic rings. The molecule has 108 valence electrons. The number of carbonyl (C=O) groups is 1. The first-order valence-corrected chi connectivity index (χ1v) is 6.54. The van der Waals surface area contributed by atoms with Gasteiger partial charge in [-0.2, -0.15) is 0 Å². The highest BCUT2D eigenvalue weighted by Crippen LogP contribution is 2.20. The molecule has 1 atom stereocenters. The zero-order valence-electron chi connectivity index (χ0n) is 11.9. The van der Waals surface area contributed by atoms with Gasteiger partial charge in [0.05, 0.1) is 0 Å². The van der Waals surface area contributed by atoms with Crippen molar-refractivity contribution in [3.8, 4) is 0 Å². The van der Waals surface area contributed by atoms with E-state index in [1.807, 2.05) is 13.8 Å². The van der Waals surface area contributed by atoms with Gasteiger partial charge in [0, 0.05) is 20.3 Å². The van der Waals surface area contributed by atoms with Gasteiger partial charge in [0.1, 0.15) is 0 Å². The predicted octanol–water partition coefficient (Wildman–Crippen LogP) is 2.44. The number of hydrogen-bond acceptors (Lipinski definition) is 4. The van der Waals surface area contributed by atoms with Crippen molar-refractivity contribution in [2.45, 2.75) is 58.3 Å². The third-order valence-electron chi connectivity index (χ3n) is 2.83. The van der Waals surface area contributed by atoms with Gasteiger partial charge in [-0.3, -0.25) is 0 Å². The zero-order valence-corrected chi connectivity index (χ0v) is 11.9. The van der Waals surface area contributed by atoms with Gasteiger partial charge in [0.2, 0.25) is 5.60 Å². The van der Waals surface area contributed by atoms with Crippen molar-refractivity contribution in [2.24, 2.45) is 0 Å².